The monoisotopic (exact) mass is 454 g/mol. The van der Waals surface area contributed by atoms with Crippen molar-refractivity contribution >= 4 is 37.8 Å². The minimum Gasteiger partial charge on any atom is -0.494 e. The van der Waals surface area contributed by atoms with Crippen LogP contribution in [0.2, 0.25) is 0 Å². The van der Waals surface area contributed by atoms with E-state index in [1.54, 1.807) is 24.3 Å². The van der Waals surface area contributed by atoms with Gasteiger partial charge in [0.2, 0.25) is 0 Å². The lowest BCUT2D eigenvalue weighted by atomic mass is 10.1. The summed E-state index contributed by atoms with van der Waals surface area (Å²) in [6.45, 7) is 6.88. The molecule has 0 aliphatic heterocycles. The van der Waals surface area contributed by atoms with Gasteiger partial charge in [-0.05, 0) is 77.2 Å². The first-order valence-corrected chi connectivity index (χ1v) is 9.36. The van der Waals surface area contributed by atoms with E-state index in [0.717, 1.165) is 26.7 Å². The van der Waals surface area contributed by atoms with Crippen molar-refractivity contribution in [2.24, 2.45) is 5.92 Å². The molecule has 0 aliphatic rings. The molecule has 0 saturated heterocycles. The Hall–Kier alpha value is -1.33. The van der Waals surface area contributed by atoms with Crippen LogP contribution < -0.4 is 9.47 Å². The highest BCUT2D eigenvalue weighted by molar-refractivity contribution is 9.11. The fraction of sp³-hybridized carbons (Fsp3) is 0.316. The van der Waals surface area contributed by atoms with Gasteiger partial charge in [-0.15, -0.1) is 0 Å². The van der Waals surface area contributed by atoms with E-state index in [0.29, 0.717) is 23.8 Å². The lowest BCUT2D eigenvalue weighted by Crippen LogP contribution is -2.10. The minimum absolute atomic E-state index is 0.394. The Kier molecular flexibility index (Phi) is 6.87. The maximum absolute atomic E-state index is 12.3. The van der Waals surface area contributed by atoms with E-state index in [4.69, 9.17) is 9.47 Å². The third-order valence-electron chi connectivity index (χ3n) is 3.44. The highest BCUT2D eigenvalue weighted by Gasteiger charge is 2.14. The van der Waals surface area contributed by atoms with Gasteiger partial charge in [0.25, 0.3) is 0 Å². The van der Waals surface area contributed by atoms with Crippen LogP contribution in [0.5, 0.6) is 11.5 Å². The number of halogens is 2. The summed E-state index contributed by atoms with van der Waals surface area (Å²) >= 11 is 6.83. The van der Waals surface area contributed by atoms with Crippen LogP contribution in [0.4, 0.5) is 0 Å². The van der Waals surface area contributed by atoms with Crippen LogP contribution in [0.25, 0.3) is 0 Å². The molecule has 3 nitrogen and oxygen atoms in total. The molecule has 0 aromatic heterocycles. The molecule has 0 fully saturated rings. The summed E-state index contributed by atoms with van der Waals surface area (Å²) in [5.74, 6) is 1.50. The van der Waals surface area contributed by atoms with Crippen LogP contribution in [0, 0.1) is 12.8 Å². The standard InChI is InChI=1S/C19H20Br2O3/c1-12(2)8-9-23-16-6-4-14(5-7-16)19(22)24-18-13(3)10-15(20)11-17(18)21/h4-7,10-12H,8-9H2,1-3H3. The third-order valence-corrected chi connectivity index (χ3v) is 4.49. The maximum atomic E-state index is 12.3. The SMILES string of the molecule is Cc1cc(Br)cc(Br)c1OC(=O)c1ccc(OCCC(C)C)cc1. The highest BCUT2D eigenvalue weighted by Crippen LogP contribution is 2.33. The summed E-state index contributed by atoms with van der Waals surface area (Å²) in [4.78, 5) is 12.3. The Balaban J connectivity index is 2.03. The molecule has 0 aliphatic carbocycles. The average molecular weight is 456 g/mol. The van der Waals surface area contributed by atoms with Crippen molar-refractivity contribution in [2.75, 3.05) is 6.61 Å². The largest absolute Gasteiger partial charge is 0.494 e. The predicted molar refractivity (Wildman–Crippen MR) is 103 cm³/mol. The van der Waals surface area contributed by atoms with Gasteiger partial charge in [0.1, 0.15) is 11.5 Å². The second-order valence-electron chi connectivity index (χ2n) is 5.98. The fourth-order valence-electron chi connectivity index (χ4n) is 2.07. The lowest BCUT2D eigenvalue weighted by molar-refractivity contribution is 0.0732. The molecule has 0 amide bonds. The Morgan fingerprint density at radius 1 is 1.12 bits per heavy atom. The summed E-state index contributed by atoms with van der Waals surface area (Å²) in [5, 5.41) is 0. The molecule has 0 unspecified atom stereocenters. The number of carbonyl (C=O) groups excluding carboxylic acids is 1. The molecule has 24 heavy (non-hydrogen) atoms. The molecule has 0 radical (unpaired) electrons. The summed E-state index contributed by atoms with van der Waals surface area (Å²) in [5.41, 5.74) is 1.36. The van der Waals surface area contributed by atoms with Crippen molar-refractivity contribution in [1.29, 1.82) is 0 Å². The summed E-state index contributed by atoms with van der Waals surface area (Å²) < 4.78 is 12.8. The summed E-state index contributed by atoms with van der Waals surface area (Å²) in [6.07, 6.45) is 1.00. The first-order valence-electron chi connectivity index (χ1n) is 7.77. The van der Waals surface area contributed by atoms with E-state index in [-0.39, 0.29) is 0 Å². The van der Waals surface area contributed by atoms with E-state index in [9.17, 15) is 4.79 Å². The second-order valence-corrected chi connectivity index (χ2v) is 7.75. The van der Waals surface area contributed by atoms with Gasteiger partial charge in [-0.1, -0.05) is 29.8 Å². The number of ether oxygens (including phenoxy) is 2. The number of carbonyl (C=O) groups is 1. The molecule has 2 aromatic rings. The maximum Gasteiger partial charge on any atom is 0.343 e. The van der Waals surface area contributed by atoms with Crippen LogP contribution >= 0.6 is 31.9 Å². The molecule has 0 spiro atoms. The zero-order valence-electron chi connectivity index (χ0n) is 13.9. The van der Waals surface area contributed by atoms with Gasteiger partial charge in [0, 0.05) is 4.47 Å². The number of aryl methyl sites for hydroxylation is 1. The molecular formula is C19H20Br2O3. The third kappa shape index (κ3) is 5.35. The number of rotatable bonds is 6. The van der Waals surface area contributed by atoms with Crippen LogP contribution in [0.1, 0.15) is 36.2 Å². The van der Waals surface area contributed by atoms with E-state index in [1.165, 1.54) is 0 Å². The van der Waals surface area contributed by atoms with Gasteiger partial charge in [-0.2, -0.15) is 0 Å². The zero-order chi connectivity index (χ0) is 17.7. The molecule has 128 valence electrons. The van der Waals surface area contributed by atoms with E-state index in [2.05, 4.69) is 45.7 Å². The topological polar surface area (TPSA) is 35.5 Å². The second kappa shape index (κ2) is 8.67. The van der Waals surface area contributed by atoms with E-state index < -0.39 is 5.97 Å². The van der Waals surface area contributed by atoms with Crippen molar-refractivity contribution in [3.05, 3.63) is 56.5 Å². The van der Waals surface area contributed by atoms with Crippen molar-refractivity contribution < 1.29 is 14.3 Å². The molecule has 0 bridgehead atoms. The average Bonchev–Trinajstić information content (AvgIpc) is 2.51. The molecule has 0 saturated carbocycles. The number of hydrogen-bond acceptors (Lipinski definition) is 3. The number of hydrogen-bond donors (Lipinski definition) is 0. The smallest absolute Gasteiger partial charge is 0.343 e. The van der Waals surface area contributed by atoms with Crippen LogP contribution in [0.15, 0.2) is 45.3 Å². The molecule has 0 heterocycles. The van der Waals surface area contributed by atoms with Gasteiger partial charge in [-0.3, -0.25) is 0 Å². The Morgan fingerprint density at radius 2 is 1.79 bits per heavy atom. The normalized spacial score (nSPS) is 10.8. The van der Waals surface area contributed by atoms with Crippen LogP contribution in [-0.2, 0) is 0 Å². The van der Waals surface area contributed by atoms with E-state index in [1.807, 2.05) is 19.1 Å². The van der Waals surface area contributed by atoms with Crippen molar-refractivity contribution in [3.63, 3.8) is 0 Å². The minimum atomic E-state index is -0.394. The van der Waals surface area contributed by atoms with Crippen LogP contribution in [-0.4, -0.2) is 12.6 Å². The molecule has 2 aromatic carbocycles. The van der Waals surface area contributed by atoms with Gasteiger partial charge in [0.15, 0.2) is 0 Å². The van der Waals surface area contributed by atoms with Gasteiger partial charge in [-0.25, -0.2) is 4.79 Å². The lowest BCUT2D eigenvalue weighted by Gasteiger charge is -2.11. The quantitative estimate of drug-likeness (QED) is 0.386. The highest BCUT2D eigenvalue weighted by atomic mass is 79.9. The van der Waals surface area contributed by atoms with Gasteiger partial charge < -0.3 is 9.47 Å². The fourth-order valence-corrected chi connectivity index (χ4v) is 3.59. The van der Waals surface area contributed by atoms with E-state index >= 15 is 0 Å². The predicted octanol–water partition coefficient (Wildman–Crippen LogP) is 6.16. The van der Waals surface area contributed by atoms with Gasteiger partial charge in [0.05, 0.1) is 16.6 Å². The zero-order valence-corrected chi connectivity index (χ0v) is 17.1. The van der Waals surface area contributed by atoms with Crippen molar-refractivity contribution in [1.82, 2.24) is 0 Å². The molecule has 0 N–H and O–H groups in total. The Bertz CT molecular complexity index is 686. The van der Waals surface area contributed by atoms with Gasteiger partial charge >= 0.3 is 5.97 Å². The summed E-state index contributed by atoms with van der Waals surface area (Å²) in [6, 6.07) is 10.8. The first kappa shape index (κ1) is 19.0. The first-order chi connectivity index (χ1) is 11.4. The van der Waals surface area contributed by atoms with Crippen molar-refractivity contribution in [2.45, 2.75) is 27.2 Å². The van der Waals surface area contributed by atoms with Crippen molar-refractivity contribution in [3.8, 4) is 11.5 Å². The molecule has 2 rings (SSSR count). The molecular weight excluding hydrogens is 436 g/mol. The number of benzene rings is 2. The Morgan fingerprint density at radius 3 is 2.38 bits per heavy atom. The molecule has 0 atom stereocenters. The molecule has 5 heteroatoms. The summed E-state index contributed by atoms with van der Waals surface area (Å²) in [7, 11) is 0. The number of esters is 1. The van der Waals surface area contributed by atoms with Crippen LogP contribution in [0.3, 0.4) is 0 Å². The Labute approximate surface area is 159 Å².